The van der Waals surface area contributed by atoms with Gasteiger partial charge in [0.2, 0.25) is 0 Å². The number of carbonyl (C=O) groups is 1. The van der Waals surface area contributed by atoms with E-state index in [0.717, 1.165) is 0 Å². The second kappa shape index (κ2) is 3.50. The molecule has 1 aliphatic rings. The van der Waals surface area contributed by atoms with Crippen LogP contribution in [0.3, 0.4) is 0 Å². The van der Waals surface area contributed by atoms with Gasteiger partial charge in [-0.1, -0.05) is 6.08 Å². The van der Waals surface area contributed by atoms with E-state index >= 15 is 0 Å². The Hall–Kier alpha value is -0.830. The van der Waals surface area contributed by atoms with Crippen LogP contribution in [0.15, 0.2) is 11.6 Å². The summed E-state index contributed by atoms with van der Waals surface area (Å²) in [6.07, 6.45) is 2.34. The first-order valence-corrected chi connectivity index (χ1v) is 4.49. The lowest BCUT2D eigenvalue weighted by molar-refractivity contribution is -0.150. The zero-order chi connectivity index (χ0) is 10.1. The minimum atomic E-state index is -0.453. The van der Waals surface area contributed by atoms with Gasteiger partial charge in [-0.3, -0.25) is 0 Å². The van der Waals surface area contributed by atoms with Crippen LogP contribution < -0.4 is 0 Å². The highest BCUT2D eigenvalue weighted by Gasteiger charge is 2.24. The molecule has 0 amide bonds. The van der Waals surface area contributed by atoms with Gasteiger partial charge in [0.15, 0.2) is 0 Å². The van der Waals surface area contributed by atoms with Crippen molar-refractivity contribution in [1.29, 1.82) is 0 Å². The third kappa shape index (κ3) is 3.19. The first-order chi connectivity index (χ1) is 5.88. The molecule has 0 heterocycles. The summed E-state index contributed by atoms with van der Waals surface area (Å²) in [6, 6.07) is 0. The highest BCUT2D eigenvalue weighted by atomic mass is 16.6. The second-order valence-electron chi connectivity index (χ2n) is 4.32. The van der Waals surface area contributed by atoms with Crippen molar-refractivity contribution in [3.05, 3.63) is 11.6 Å². The fourth-order valence-electron chi connectivity index (χ4n) is 1.21. The van der Waals surface area contributed by atoms with Crippen LogP contribution in [-0.2, 0) is 9.53 Å². The van der Waals surface area contributed by atoms with Gasteiger partial charge in [0, 0.05) is 12.0 Å². The van der Waals surface area contributed by atoms with E-state index in [1.54, 1.807) is 6.08 Å². The lowest BCUT2D eigenvalue weighted by Gasteiger charge is -2.19. The Morgan fingerprint density at radius 2 is 2.23 bits per heavy atom. The van der Waals surface area contributed by atoms with Crippen LogP contribution in [0.2, 0.25) is 0 Å². The average molecular weight is 184 g/mol. The molecule has 0 saturated heterocycles. The molecule has 3 heteroatoms. The van der Waals surface area contributed by atoms with E-state index in [4.69, 9.17) is 4.74 Å². The molecule has 13 heavy (non-hydrogen) atoms. The zero-order valence-corrected chi connectivity index (χ0v) is 8.33. The molecule has 3 nitrogen and oxygen atoms in total. The van der Waals surface area contributed by atoms with Gasteiger partial charge in [-0.25, -0.2) is 4.79 Å². The largest absolute Gasteiger partial charge is 0.457 e. The van der Waals surface area contributed by atoms with Crippen molar-refractivity contribution in [3.63, 3.8) is 0 Å². The van der Waals surface area contributed by atoms with Crippen LogP contribution in [0.1, 0.15) is 33.6 Å². The summed E-state index contributed by atoms with van der Waals surface area (Å²) in [4.78, 5) is 11.4. The van der Waals surface area contributed by atoms with Crippen LogP contribution in [0.4, 0.5) is 0 Å². The van der Waals surface area contributed by atoms with Crippen molar-refractivity contribution in [2.75, 3.05) is 0 Å². The fraction of sp³-hybridized carbons (Fsp3) is 0.700. The minimum absolute atomic E-state index is 0.302. The van der Waals surface area contributed by atoms with Gasteiger partial charge in [0.1, 0.15) is 5.60 Å². The maximum Gasteiger partial charge on any atom is 0.334 e. The van der Waals surface area contributed by atoms with Crippen LogP contribution in [-0.4, -0.2) is 22.8 Å². The number of carbonyl (C=O) groups excluding carboxylic acids is 1. The number of hydrogen-bond donors (Lipinski definition) is 1. The van der Waals surface area contributed by atoms with E-state index in [0.29, 0.717) is 18.4 Å². The Morgan fingerprint density at radius 1 is 1.62 bits per heavy atom. The summed E-state index contributed by atoms with van der Waals surface area (Å²) < 4.78 is 5.15. The first-order valence-electron chi connectivity index (χ1n) is 4.49. The molecule has 0 aromatic carbocycles. The van der Waals surface area contributed by atoms with Crippen LogP contribution in [0.25, 0.3) is 0 Å². The quantitative estimate of drug-likeness (QED) is 0.627. The van der Waals surface area contributed by atoms with Gasteiger partial charge in [0.05, 0.1) is 6.10 Å². The molecule has 0 aromatic rings. The molecule has 1 rings (SSSR count). The predicted molar refractivity (Wildman–Crippen MR) is 49.2 cm³/mol. The molecule has 0 radical (unpaired) electrons. The molecule has 74 valence electrons. The lowest BCUT2D eigenvalue weighted by Crippen LogP contribution is -2.24. The first kappa shape index (κ1) is 10.3. The minimum Gasteiger partial charge on any atom is -0.457 e. The van der Waals surface area contributed by atoms with Crippen molar-refractivity contribution in [1.82, 2.24) is 0 Å². The van der Waals surface area contributed by atoms with Crippen molar-refractivity contribution >= 4 is 5.97 Å². The lowest BCUT2D eigenvalue weighted by atomic mass is 10.1. The van der Waals surface area contributed by atoms with Gasteiger partial charge in [-0.2, -0.15) is 0 Å². The third-order valence-electron chi connectivity index (χ3n) is 1.75. The average Bonchev–Trinajstić information content (AvgIpc) is 2.31. The highest BCUT2D eigenvalue weighted by molar-refractivity contribution is 5.89. The second-order valence-corrected chi connectivity index (χ2v) is 4.32. The Bertz CT molecular complexity index is 235. The standard InChI is InChI=1S/C10H16O3/c1-10(2,3)13-9(12)7-4-5-8(11)6-7/h4,8,11H,5-6H2,1-3H3. The van der Waals surface area contributed by atoms with Gasteiger partial charge >= 0.3 is 5.97 Å². The summed E-state index contributed by atoms with van der Waals surface area (Å²) in [5, 5.41) is 9.19. The van der Waals surface area contributed by atoms with E-state index < -0.39 is 11.7 Å². The van der Waals surface area contributed by atoms with E-state index in [-0.39, 0.29) is 5.97 Å². The smallest absolute Gasteiger partial charge is 0.334 e. The maximum absolute atomic E-state index is 11.4. The number of esters is 1. The van der Waals surface area contributed by atoms with Gasteiger partial charge in [-0.15, -0.1) is 0 Å². The number of ether oxygens (including phenoxy) is 1. The summed E-state index contributed by atoms with van der Waals surface area (Å²) in [5.41, 5.74) is 0.147. The normalized spacial score (nSPS) is 22.8. The van der Waals surface area contributed by atoms with Crippen molar-refractivity contribution in [2.45, 2.75) is 45.3 Å². The van der Waals surface area contributed by atoms with Crippen molar-refractivity contribution in [2.24, 2.45) is 0 Å². The van der Waals surface area contributed by atoms with Crippen LogP contribution in [0.5, 0.6) is 0 Å². The number of aliphatic hydroxyl groups excluding tert-OH is 1. The molecule has 0 aliphatic heterocycles. The summed E-state index contributed by atoms with van der Waals surface area (Å²) in [5.74, 6) is -0.302. The summed E-state index contributed by atoms with van der Waals surface area (Å²) >= 11 is 0. The Labute approximate surface area is 78.4 Å². The molecular formula is C10H16O3. The van der Waals surface area contributed by atoms with Gasteiger partial charge in [-0.05, 0) is 27.2 Å². The summed E-state index contributed by atoms with van der Waals surface area (Å²) in [7, 11) is 0. The molecule has 0 bridgehead atoms. The third-order valence-corrected chi connectivity index (χ3v) is 1.75. The van der Waals surface area contributed by atoms with E-state index in [9.17, 15) is 9.90 Å². The molecule has 1 aliphatic carbocycles. The molecular weight excluding hydrogens is 168 g/mol. The predicted octanol–water partition coefficient (Wildman–Crippen LogP) is 1.41. The van der Waals surface area contributed by atoms with Gasteiger partial charge in [0.25, 0.3) is 0 Å². The Kier molecular flexibility index (Phi) is 2.76. The molecule has 1 unspecified atom stereocenters. The topological polar surface area (TPSA) is 46.5 Å². The Balaban J connectivity index is 2.50. The number of hydrogen-bond acceptors (Lipinski definition) is 3. The molecule has 1 atom stereocenters. The molecule has 0 fully saturated rings. The molecule has 1 N–H and O–H groups in total. The number of rotatable bonds is 1. The molecule has 0 spiro atoms. The van der Waals surface area contributed by atoms with Crippen molar-refractivity contribution in [3.8, 4) is 0 Å². The monoisotopic (exact) mass is 184 g/mol. The molecule has 0 aromatic heterocycles. The van der Waals surface area contributed by atoms with Crippen LogP contribution >= 0.6 is 0 Å². The van der Waals surface area contributed by atoms with E-state index in [2.05, 4.69) is 0 Å². The number of aliphatic hydroxyl groups is 1. The fourth-order valence-corrected chi connectivity index (χ4v) is 1.21. The van der Waals surface area contributed by atoms with E-state index in [1.165, 1.54) is 0 Å². The molecule has 0 saturated carbocycles. The van der Waals surface area contributed by atoms with E-state index in [1.807, 2.05) is 20.8 Å². The maximum atomic E-state index is 11.4. The van der Waals surface area contributed by atoms with Gasteiger partial charge < -0.3 is 9.84 Å². The SMILES string of the molecule is CC(C)(C)OC(=O)C1=CCC(O)C1. The van der Waals surface area contributed by atoms with Crippen LogP contribution in [0, 0.1) is 0 Å². The van der Waals surface area contributed by atoms with Crippen molar-refractivity contribution < 1.29 is 14.6 Å². The Morgan fingerprint density at radius 3 is 2.62 bits per heavy atom. The highest BCUT2D eigenvalue weighted by Crippen LogP contribution is 2.21. The zero-order valence-electron chi connectivity index (χ0n) is 8.33. The summed E-state index contributed by atoms with van der Waals surface area (Å²) in [6.45, 7) is 5.49.